The summed E-state index contributed by atoms with van der Waals surface area (Å²) >= 11 is 9.35. The molecule has 0 heterocycles. The number of aliphatic hydroxyl groups is 1. The van der Waals surface area contributed by atoms with Crippen molar-refractivity contribution in [1.29, 1.82) is 0 Å². The third-order valence-electron chi connectivity index (χ3n) is 2.65. The first-order valence-electron chi connectivity index (χ1n) is 5.57. The van der Waals surface area contributed by atoms with Crippen molar-refractivity contribution < 1.29 is 5.11 Å². The first kappa shape index (κ1) is 13.4. The lowest BCUT2D eigenvalue weighted by atomic mass is 10.1. The van der Waals surface area contributed by atoms with Crippen LogP contribution in [0.15, 0.2) is 46.9 Å². The van der Waals surface area contributed by atoms with Crippen molar-refractivity contribution >= 4 is 33.2 Å². The molecule has 0 aromatic heterocycles. The summed E-state index contributed by atoms with van der Waals surface area (Å²) < 4.78 is 0.888. The van der Waals surface area contributed by atoms with Gasteiger partial charge in [0.1, 0.15) is 0 Å². The van der Waals surface area contributed by atoms with Gasteiger partial charge in [0.15, 0.2) is 0 Å². The van der Waals surface area contributed by atoms with E-state index in [4.69, 9.17) is 11.6 Å². The molecule has 4 heteroatoms. The fourth-order valence-electron chi connectivity index (χ4n) is 1.68. The Hall–Kier alpha value is -1.03. The Labute approximate surface area is 120 Å². The van der Waals surface area contributed by atoms with E-state index in [0.717, 1.165) is 21.3 Å². The Morgan fingerprint density at radius 1 is 1.17 bits per heavy atom. The number of benzene rings is 2. The summed E-state index contributed by atoms with van der Waals surface area (Å²) in [6.45, 7) is 0.722. The average Bonchev–Trinajstić information content (AvgIpc) is 2.40. The quantitative estimate of drug-likeness (QED) is 0.882. The number of nitrogens with one attached hydrogen (secondary N) is 1. The van der Waals surface area contributed by atoms with E-state index < -0.39 is 0 Å². The van der Waals surface area contributed by atoms with Gasteiger partial charge in [-0.1, -0.05) is 35.9 Å². The van der Waals surface area contributed by atoms with Crippen LogP contribution in [0.2, 0.25) is 5.02 Å². The van der Waals surface area contributed by atoms with Crippen LogP contribution in [0.25, 0.3) is 0 Å². The Morgan fingerprint density at radius 2 is 1.94 bits per heavy atom. The highest BCUT2D eigenvalue weighted by Crippen LogP contribution is 2.24. The molecule has 0 atom stereocenters. The third kappa shape index (κ3) is 3.25. The number of halogens is 2. The van der Waals surface area contributed by atoms with Gasteiger partial charge in [0.2, 0.25) is 0 Å². The molecule has 94 valence electrons. The molecule has 0 spiro atoms. The molecule has 2 aromatic carbocycles. The SMILES string of the molecule is OCc1ccccc1NCc1ccc(Cl)c(Br)c1. The second-order valence-corrected chi connectivity index (χ2v) is 5.18. The van der Waals surface area contributed by atoms with Crippen molar-refractivity contribution in [2.45, 2.75) is 13.2 Å². The zero-order valence-corrected chi connectivity index (χ0v) is 12.0. The molecule has 2 nitrogen and oxygen atoms in total. The van der Waals surface area contributed by atoms with Gasteiger partial charge in [0.05, 0.1) is 11.6 Å². The zero-order chi connectivity index (χ0) is 13.0. The second-order valence-electron chi connectivity index (χ2n) is 3.92. The summed E-state index contributed by atoms with van der Waals surface area (Å²) in [5.74, 6) is 0. The molecule has 0 amide bonds. The van der Waals surface area contributed by atoms with Crippen LogP contribution in [0, 0.1) is 0 Å². The average molecular weight is 327 g/mol. The van der Waals surface area contributed by atoms with Gasteiger partial charge in [0, 0.05) is 22.3 Å². The molecule has 0 saturated heterocycles. The normalized spacial score (nSPS) is 10.4. The summed E-state index contributed by atoms with van der Waals surface area (Å²) in [4.78, 5) is 0. The van der Waals surface area contributed by atoms with Crippen molar-refractivity contribution in [3.05, 3.63) is 63.1 Å². The standard InChI is InChI=1S/C14H13BrClNO/c15-12-7-10(5-6-13(12)16)8-17-14-4-2-1-3-11(14)9-18/h1-7,17-18H,8-9H2. The Balaban J connectivity index is 2.09. The molecule has 0 radical (unpaired) electrons. The first-order valence-corrected chi connectivity index (χ1v) is 6.74. The van der Waals surface area contributed by atoms with E-state index in [9.17, 15) is 5.11 Å². The largest absolute Gasteiger partial charge is 0.392 e. The molecule has 0 saturated carbocycles. The van der Waals surface area contributed by atoms with Crippen molar-refractivity contribution in [3.63, 3.8) is 0 Å². The summed E-state index contributed by atoms with van der Waals surface area (Å²) in [7, 11) is 0. The van der Waals surface area contributed by atoms with Gasteiger partial charge in [-0.3, -0.25) is 0 Å². The lowest BCUT2D eigenvalue weighted by Crippen LogP contribution is -2.02. The number of hydrogen-bond acceptors (Lipinski definition) is 2. The molecule has 0 aliphatic heterocycles. The molecule has 2 aromatic rings. The molecule has 0 aliphatic carbocycles. The molecular formula is C14H13BrClNO. The van der Waals surface area contributed by atoms with E-state index in [1.807, 2.05) is 42.5 Å². The maximum atomic E-state index is 9.23. The molecule has 18 heavy (non-hydrogen) atoms. The van der Waals surface area contributed by atoms with Crippen LogP contribution >= 0.6 is 27.5 Å². The van der Waals surface area contributed by atoms with Gasteiger partial charge >= 0.3 is 0 Å². The van der Waals surface area contributed by atoms with Crippen molar-refractivity contribution in [1.82, 2.24) is 0 Å². The smallest absolute Gasteiger partial charge is 0.0701 e. The monoisotopic (exact) mass is 325 g/mol. The van der Waals surface area contributed by atoms with E-state index in [0.29, 0.717) is 11.6 Å². The highest BCUT2D eigenvalue weighted by molar-refractivity contribution is 9.10. The maximum Gasteiger partial charge on any atom is 0.0701 e. The lowest BCUT2D eigenvalue weighted by molar-refractivity contribution is 0.282. The lowest BCUT2D eigenvalue weighted by Gasteiger charge is -2.11. The van der Waals surface area contributed by atoms with Gasteiger partial charge in [-0.15, -0.1) is 0 Å². The van der Waals surface area contributed by atoms with Crippen LogP contribution in [0.5, 0.6) is 0 Å². The highest BCUT2D eigenvalue weighted by atomic mass is 79.9. The molecule has 2 N–H and O–H groups in total. The van der Waals surface area contributed by atoms with Gasteiger partial charge in [0.25, 0.3) is 0 Å². The molecule has 0 unspecified atom stereocenters. The van der Waals surface area contributed by atoms with Gasteiger partial charge in [-0.25, -0.2) is 0 Å². The van der Waals surface area contributed by atoms with Crippen LogP contribution in [0.1, 0.15) is 11.1 Å². The summed E-state index contributed by atoms with van der Waals surface area (Å²) in [5, 5.41) is 13.2. The predicted octanol–water partition coefficient (Wildman–Crippen LogP) is 4.21. The number of aliphatic hydroxyl groups excluding tert-OH is 1. The number of rotatable bonds is 4. The van der Waals surface area contributed by atoms with Crippen LogP contribution in [-0.4, -0.2) is 5.11 Å². The first-order chi connectivity index (χ1) is 8.70. The number of para-hydroxylation sites is 1. The van der Waals surface area contributed by atoms with E-state index in [1.165, 1.54) is 0 Å². The topological polar surface area (TPSA) is 32.3 Å². The van der Waals surface area contributed by atoms with Crippen molar-refractivity contribution in [2.75, 3.05) is 5.32 Å². The van der Waals surface area contributed by atoms with Crippen LogP contribution < -0.4 is 5.32 Å². The fraction of sp³-hybridized carbons (Fsp3) is 0.143. The minimum absolute atomic E-state index is 0.0352. The predicted molar refractivity (Wildman–Crippen MR) is 78.8 cm³/mol. The van der Waals surface area contributed by atoms with E-state index >= 15 is 0 Å². The zero-order valence-electron chi connectivity index (χ0n) is 9.66. The fourth-order valence-corrected chi connectivity index (χ4v) is 2.22. The minimum atomic E-state index is 0.0352. The van der Waals surface area contributed by atoms with E-state index in [-0.39, 0.29) is 6.61 Å². The molecule has 0 aliphatic rings. The highest BCUT2D eigenvalue weighted by Gasteiger charge is 2.02. The summed E-state index contributed by atoms with van der Waals surface area (Å²) in [6.07, 6.45) is 0. The van der Waals surface area contributed by atoms with Crippen LogP contribution in [0.4, 0.5) is 5.69 Å². The van der Waals surface area contributed by atoms with E-state index in [2.05, 4.69) is 21.2 Å². The minimum Gasteiger partial charge on any atom is -0.392 e. The van der Waals surface area contributed by atoms with Crippen LogP contribution in [0.3, 0.4) is 0 Å². The van der Waals surface area contributed by atoms with Crippen molar-refractivity contribution in [3.8, 4) is 0 Å². The molecule has 0 bridgehead atoms. The summed E-state index contributed by atoms with van der Waals surface area (Å²) in [6, 6.07) is 13.5. The maximum absolute atomic E-state index is 9.23. The Morgan fingerprint density at radius 3 is 2.67 bits per heavy atom. The van der Waals surface area contributed by atoms with Gasteiger partial charge in [-0.05, 0) is 39.7 Å². The summed E-state index contributed by atoms with van der Waals surface area (Å²) in [5.41, 5.74) is 2.97. The third-order valence-corrected chi connectivity index (χ3v) is 3.87. The van der Waals surface area contributed by atoms with Crippen LogP contribution in [-0.2, 0) is 13.2 Å². The Kier molecular flexibility index (Phi) is 4.64. The van der Waals surface area contributed by atoms with E-state index in [1.54, 1.807) is 0 Å². The van der Waals surface area contributed by atoms with Crippen molar-refractivity contribution in [2.24, 2.45) is 0 Å². The Bertz CT molecular complexity index is 545. The molecule has 2 rings (SSSR count). The van der Waals surface area contributed by atoms with Gasteiger partial charge < -0.3 is 10.4 Å². The molecule has 0 fully saturated rings. The number of anilines is 1. The number of hydrogen-bond donors (Lipinski definition) is 2. The second kappa shape index (κ2) is 6.23. The molecular weight excluding hydrogens is 314 g/mol. The van der Waals surface area contributed by atoms with Gasteiger partial charge in [-0.2, -0.15) is 0 Å².